The molecule has 1 N–H and O–H groups in total. The molecule has 6 heteroatoms. The summed E-state index contributed by atoms with van der Waals surface area (Å²) in [6, 6.07) is 6.46. The minimum absolute atomic E-state index is 0.545. The molecular formula is C13H19N5O. The third kappa shape index (κ3) is 4.03. The highest BCUT2D eigenvalue weighted by atomic mass is 16.4. The molecule has 0 amide bonds. The van der Waals surface area contributed by atoms with Crippen molar-refractivity contribution in [1.29, 1.82) is 0 Å². The van der Waals surface area contributed by atoms with Gasteiger partial charge in [0, 0.05) is 31.9 Å². The Morgan fingerprint density at radius 3 is 2.95 bits per heavy atom. The molecule has 19 heavy (non-hydrogen) atoms. The first-order valence-electron chi connectivity index (χ1n) is 6.43. The molecule has 0 saturated carbocycles. The predicted molar refractivity (Wildman–Crippen MR) is 72.9 cm³/mol. The van der Waals surface area contributed by atoms with Gasteiger partial charge < -0.3 is 14.6 Å². The van der Waals surface area contributed by atoms with E-state index in [1.165, 1.54) is 0 Å². The summed E-state index contributed by atoms with van der Waals surface area (Å²) in [4.78, 5) is 6.23. The monoisotopic (exact) mass is 261 g/mol. The van der Waals surface area contributed by atoms with Crippen LogP contribution in [0.15, 0.2) is 28.8 Å². The molecule has 0 aliphatic heterocycles. The first kappa shape index (κ1) is 13.5. The van der Waals surface area contributed by atoms with Crippen molar-refractivity contribution in [3.63, 3.8) is 0 Å². The molecule has 0 aromatic carbocycles. The van der Waals surface area contributed by atoms with Gasteiger partial charge in [-0.25, -0.2) is 0 Å². The molecular weight excluding hydrogens is 242 g/mol. The van der Waals surface area contributed by atoms with E-state index >= 15 is 0 Å². The van der Waals surface area contributed by atoms with E-state index in [1.807, 2.05) is 37.1 Å². The Labute approximate surface area is 112 Å². The number of anilines is 1. The number of likely N-dealkylation sites (N-methyl/N-ethyl adjacent to an activating group) is 1. The summed E-state index contributed by atoms with van der Waals surface area (Å²) in [5, 5.41) is 11.2. The van der Waals surface area contributed by atoms with E-state index in [9.17, 15) is 0 Å². The van der Waals surface area contributed by atoms with E-state index in [2.05, 4.69) is 20.5 Å². The summed E-state index contributed by atoms with van der Waals surface area (Å²) in [5.41, 5.74) is 1.06. The van der Waals surface area contributed by atoms with Gasteiger partial charge in [-0.1, -0.05) is 18.1 Å². The zero-order valence-electron chi connectivity index (χ0n) is 11.3. The van der Waals surface area contributed by atoms with Gasteiger partial charge in [0.1, 0.15) is 0 Å². The molecule has 102 valence electrons. The third-order valence-corrected chi connectivity index (χ3v) is 2.74. The van der Waals surface area contributed by atoms with Gasteiger partial charge in [0.25, 0.3) is 0 Å². The molecule has 2 rings (SSSR count). The van der Waals surface area contributed by atoms with Crippen molar-refractivity contribution in [2.24, 2.45) is 0 Å². The van der Waals surface area contributed by atoms with E-state index < -0.39 is 0 Å². The summed E-state index contributed by atoms with van der Waals surface area (Å²) in [5.74, 6) is 0.613. The minimum Gasteiger partial charge on any atom is -0.407 e. The van der Waals surface area contributed by atoms with Crippen LogP contribution in [-0.2, 0) is 13.0 Å². The minimum atomic E-state index is 0.545. The maximum absolute atomic E-state index is 5.56. The van der Waals surface area contributed by atoms with Crippen LogP contribution in [0.5, 0.6) is 0 Å². The van der Waals surface area contributed by atoms with Crippen molar-refractivity contribution in [2.75, 3.05) is 25.0 Å². The SMILES string of the molecule is CCNCc1nnc(N(C)CCc2ccccn2)o1. The second kappa shape index (κ2) is 6.84. The van der Waals surface area contributed by atoms with Gasteiger partial charge in [-0.3, -0.25) is 4.98 Å². The standard InChI is InChI=1S/C13H19N5O/c1-3-14-10-12-16-17-13(19-12)18(2)9-7-11-6-4-5-8-15-11/h4-6,8,14H,3,7,9-10H2,1-2H3. The number of hydrogen-bond acceptors (Lipinski definition) is 6. The van der Waals surface area contributed by atoms with Gasteiger partial charge in [-0.05, 0) is 18.7 Å². The number of pyridine rings is 1. The average molecular weight is 261 g/mol. The largest absolute Gasteiger partial charge is 0.407 e. The summed E-state index contributed by atoms with van der Waals surface area (Å²) >= 11 is 0. The smallest absolute Gasteiger partial charge is 0.317 e. The molecule has 0 aliphatic rings. The highest BCUT2D eigenvalue weighted by Gasteiger charge is 2.10. The van der Waals surface area contributed by atoms with E-state index in [4.69, 9.17) is 4.42 Å². The highest BCUT2D eigenvalue weighted by molar-refractivity contribution is 5.22. The topological polar surface area (TPSA) is 67.1 Å². The summed E-state index contributed by atoms with van der Waals surface area (Å²) < 4.78 is 5.56. The van der Waals surface area contributed by atoms with Crippen molar-refractivity contribution < 1.29 is 4.42 Å². The fourth-order valence-electron chi connectivity index (χ4n) is 1.63. The highest BCUT2D eigenvalue weighted by Crippen LogP contribution is 2.10. The van der Waals surface area contributed by atoms with Crippen LogP contribution >= 0.6 is 0 Å². The third-order valence-electron chi connectivity index (χ3n) is 2.74. The van der Waals surface area contributed by atoms with Crippen LogP contribution < -0.4 is 10.2 Å². The second-order valence-corrected chi connectivity index (χ2v) is 4.25. The van der Waals surface area contributed by atoms with E-state index in [-0.39, 0.29) is 0 Å². The Hall–Kier alpha value is -1.95. The summed E-state index contributed by atoms with van der Waals surface area (Å²) in [6.45, 7) is 4.32. The molecule has 2 aromatic heterocycles. The molecule has 0 bridgehead atoms. The Balaban J connectivity index is 1.85. The van der Waals surface area contributed by atoms with Crippen molar-refractivity contribution >= 4 is 6.01 Å². The maximum Gasteiger partial charge on any atom is 0.317 e. The molecule has 0 saturated heterocycles. The van der Waals surface area contributed by atoms with Crippen LogP contribution in [0.4, 0.5) is 6.01 Å². The first-order valence-corrected chi connectivity index (χ1v) is 6.43. The zero-order chi connectivity index (χ0) is 13.5. The molecule has 0 spiro atoms. The van der Waals surface area contributed by atoms with E-state index in [1.54, 1.807) is 6.20 Å². The maximum atomic E-state index is 5.56. The van der Waals surface area contributed by atoms with Gasteiger partial charge in [0.2, 0.25) is 5.89 Å². The molecule has 0 fully saturated rings. The van der Waals surface area contributed by atoms with Gasteiger partial charge in [-0.15, -0.1) is 5.10 Å². The van der Waals surface area contributed by atoms with Crippen LogP contribution in [0.3, 0.4) is 0 Å². The lowest BCUT2D eigenvalue weighted by molar-refractivity contribution is 0.469. The lowest BCUT2D eigenvalue weighted by Gasteiger charge is -2.12. The van der Waals surface area contributed by atoms with Crippen LogP contribution in [0.1, 0.15) is 18.5 Å². The van der Waals surface area contributed by atoms with Crippen molar-refractivity contribution in [3.8, 4) is 0 Å². The molecule has 2 heterocycles. The Kier molecular flexibility index (Phi) is 4.85. The Morgan fingerprint density at radius 2 is 2.21 bits per heavy atom. The predicted octanol–water partition coefficient (Wildman–Crippen LogP) is 1.25. The molecule has 0 unspecified atom stereocenters. The lowest BCUT2D eigenvalue weighted by Crippen LogP contribution is -2.21. The number of rotatable bonds is 7. The van der Waals surface area contributed by atoms with Crippen molar-refractivity contribution in [2.45, 2.75) is 19.9 Å². The zero-order valence-corrected chi connectivity index (χ0v) is 11.3. The number of nitrogens with one attached hydrogen (secondary N) is 1. The van der Waals surface area contributed by atoms with Gasteiger partial charge in [-0.2, -0.15) is 0 Å². The Bertz CT molecular complexity index is 485. The van der Waals surface area contributed by atoms with Crippen LogP contribution in [0.2, 0.25) is 0 Å². The number of nitrogens with zero attached hydrogens (tertiary/aromatic N) is 4. The average Bonchev–Trinajstić information content (AvgIpc) is 2.92. The molecule has 6 nitrogen and oxygen atoms in total. The molecule has 0 aliphatic carbocycles. The number of hydrogen-bond donors (Lipinski definition) is 1. The second-order valence-electron chi connectivity index (χ2n) is 4.25. The van der Waals surface area contributed by atoms with Crippen LogP contribution in [0, 0.1) is 0 Å². The van der Waals surface area contributed by atoms with Gasteiger partial charge in [0.15, 0.2) is 0 Å². The summed E-state index contributed by atoms with van der Waals surface area (Å²) in [6.07, 6.45) is 2.65. The lowest BCUT2D eigenvalue weighted by atomic mass is 10.2. The fourth-order valence-corrected chi connectivity index (χ4v) is 1.63. The Morgan fingerprint density at radius 1 is 1.32 bits per heavy atom. The van der Waals surface area contributed by atoms with Gasteiger partial charge in [0.05, 0.1) is 6.54 Å². The molecule has 2 aromatic rings. The van der Waals surface area contributed by atoms with Gasteiger partial charge >= 0.3 is 6.01 Å². The summed E-state index contributed by atoms with van der Waals surface area (Å²) in [7, 11) is 1.94. The normalized spacial score (nSPS) is 10.6. The number of aromatic nitrogens is 3. The van der Waals surface area contributed by atoms with E-state index in [0.29, 0.717) is 18.5 Å². The van der Waals surface area contributed by atoms with Crippen LogP contribution in [0.25, 0.3) is 0 Å². The van der Waals surface area contributed by atoms with E-state index in [0.717, 1.165) is 25.2 Å². The van der Waals surface area contributed by atoms with Crippen molar-refractivity contribution in [1.82, 2.24) is 20.5 Å². The van der Waals surface area contributed by atoms with Crippen molar-refractivity contribution in [3.05, 3.63) is 36.0 Å². The first-order chi connectivity index (χ1) is 9.29. The quantitative estimate of drug-likeness (QED) is 0.809. The molecule has 0 radical (unpaired) electrons. The molecule has 0 atom stereocenters. The van der Waals surface area contributed by atoms with Crippen LogP contribution in [-0.4, -0.2) is 35.3 Å². The fraction of sp³-hybridized carbons (Fsp3) is 0.462.